The van der Waals surface area contributed by atoms with Crippen molar-refractivity contribution in [1.29, 1.82) is 0 Å². The SMILES string of the molecule is COCC(NN)c1cccc(OC(C)C)c1. The fourth-order valence-corrected chi connectivity index (χ4v) is 1.48. The van der Waals surface area contributed by atoms with Crippen LogP contribution in [0.4, 0.5) is 0 Å². The van der Waals surface area contributed by atoms with Crippen LogP contribution in [0.5, 0.6) is 5.75 Å². The fourth-order valence-electron chi connectivity index (χ4n) is 1.48. The van der Waals surface area contributed by atoms with Crippen molar-refractivity contribution in [2.75, 3.05) is 13.7 Å². The zero-order valence-electron chi connectivity index (χ0n) is 10.1. The van der Waals surface area contributed by atoms with Crippen molar-refractivity contribution in [2.24, 2.45) is 5.84 Å². The monoisotopic (exact) mass is 224 g/mol. The van der Waals surface area contributed by atoms with Gasteiger partial charge in [0.1, 0.15) is 5.75 Å². The van der Waals surface area contributed by atoms with E-state index in [2.05, 4.69) is 5.43 Å². The van der Waals surface area contributed by atoms with Gasteiger partial charge in [0.25, 0.3) is 0 Å². The van der Waals surface area contributed by atoms with Crippen molar-refractivity contribution in [3.05, 3.63) is 29.8 Å². The second kappa shape index (κ2) is 6.48. The summed E-state index contributed by atoms with van der Waals surface area (Å²) >= 11 is 0. The van der Waals surface area contributed by atoms with Gasteiger partial charge in [0, 0.05) is 7.11 Å². The van der Waals surface area contributed by atoms with E-state index in [0.717, 1.165) is 11.3 Å². The number of methoxy groups -OCH3 is 1. The molecule has 0 bridgehead atoms. The average Bonchev–Trinajstić information content (AvgIpc) is 2.25. The van der Waals surface area contributed by atoms with Gasteiger partial charge in [-0.05, 0) is 31.5 Å². The maximum Gasteiger partial charge on any atom is 0.120 e. The minimum atomic E-state index is -0.0132. The van der Waals surface area contributed by atoms with Crippen LogP contribution in [0.2, 0.25) is 0 Å². The molecule has 0 amide bonds. The maximum absolute atomic E-state index is 5.62. The summed E-state index contributed by atoms with van der Waals surface area (Å²) in [5.41, 5.74) is 3.78. The lowest BCUT2D eigenvalue weighted by Gasteiger charge is -2.17. The highest BCUT2D eigenvalue weighted by molar-refractivity contribution is 5.30. The van der Waals surface area contributed by atoms with Gasteiger partial charge in [-0.1, -0.05) is 12.1 Å². The number of nitrogens with one attached hydrogen (secondary N) is 1. The average molecular weight is 224 g/mol. The van der Waals surface area contributed by atoms with Gasteiger partial charge in [0.2, 0.25) is 0 Å². The molecule has 1 aromatic carbocycles. The minimum Gasteiger partial charge on any atom is -0.491 e. The Morgan fingerprint density at radius 3 is 2.69 bits per heavy atom. The van der Waals surface area contributed by atoms with Gasteiger partial charge in [0.15, 0.2) is 0 Å². The molecule has 0 aliphatic carbocycles. The molecule has 3 N–H and O–H groups in total. The Kier molecular flexibility index (Phi) is 5.25. The van der Waals surface area contributed by atoms with Gasteiger partial charge in [-0.25, -0.2) is 0 Å². The molecule has 16 heavy (non-hydrogen) atoms. The molecule has 0 heterocycles. The smallest absolute Gasteiger partial charge is 0.120 e. The molecule has 0 fully saturated rings. The molecule has 4 nitrogen and oxygen atoms in total. The zero-order valence-corrected chi connectivity index (χ0v) is 10.1. The van der Waals surface area contributed by atoms with E-state index in [9.17, 15) is 0 Å². The third-order valence-corrected chi connectivity index (χ3v) is 2.17. The van der Waals surface area contributed by atoms with E-state index in [-0.39, 0.29) is 12.1 Å². The van der Waals surface area contributed by atoms with Crippen LogP contribution in [0.1, 0.15) is 25.5 Å². The van der Waals surface area contributed by atoms with Crippen molar-refractivity contribution in [3.63, 3.8) is 0 Å². The maximum atomic E-state index is 5.62. The van der Waals surface area contributed by atoms with Gasteiger partial charge in [-0.2, -0.15) is 0 Å². The van der Waals surface area contributed by atoms with Crippen molar-refractivity contribution < 1.29 is 9.47 Å². The summed E-state index contributed by atoms with van der Waals surface area (Å²) in [6, 6.07) is 7.85. The van der Waals surface area contributed by atoms with Crippen molar-refractivity contribution in [2.45, 2.75) is 26.0 Å². The van der Waals surface area contributed by atoms with E-state index >= 15 is 0 Å². The second-order valence-corrected chi connectivity index (χ2v) is 3.91. The largest absolute Gasteiger partial charge is 0.491 e. The van der Waals surface area contributed by atoms with E-state index in [4.69, 9.17) is 15.3 Å². The van der Waals surface area contributed by atoms with E-state index in [1.807, 2.05) is 38.1 Å². The lowest BCUT2D eigenvalue weighted by molar-refractivity contribution is 0.167. The molecule has 4 heteroatoms. The highest BCUT2D eigenvalue weighted by Gasteiger charge is 2.10. The molecule has 0 radical (unpaired) electrons. The Bertz CT molecular complexity index is 316. The first-order chi connectivity index (χ1) is 7.67. The normalized spacial score (nSPS) is 12.8. The summed E-state index contributed by atoms with van der Waals surface area (Å²) in [5, 5.41) is 0. The van der Waals surface area contributed by atoms with Crippen LogP contribution >= 0.6 is 0 Å². The highest BCUT2D eigenvalue weighted by Crippen LogP contribution is 2.20. The first kappa shape index (κ1) is 13.0. The molecule has 1 aromatic rings. The predicted octanol–water partition coefficient (Wildman–Crippen LogP) is 1.62. The topological polar surface area (TPSA) is 56.5 Å². The Labute approximate surface area is 96.7 Å². The molecular formula is C12H20N2O2. The van der Waals surface area contributed by atoms with Crippen LogP contribution < -0.4 is 16.0 Å². The number of rotatable bonds is 6. The Hall–Kier alpha value is -1.10. The number of hydrogen-bond donors (Lipinski definition) is 2. The van der Waals surface area contributed by atoms with E-state index in [1.54, 1.807) is 7.11 Å². The summed E-state index contributed by atoms with van der Waals surface area (Å²) in [4.78, 5) is 0. The zero-order chi connectivity index (χ0) is 12.0. The van der Waals surface area contributed by atoms with Crippen LogP contribution in [0, 0.1) is 0 Å². The molecule has 1 atom stereocenters. The number of ether oxygens (including phenoxy) is 2. The van der Waals surface area contributed by atoms with Gasteiger partial charge >= 0.3 is 0 Å². The summed E-state index contributed by atoms with van der Waals surface area (Å²) in [6.07, 6.45) is 0.168. The quantitative estimate of drug-likeness (QED) is 0.569. The molecule has 0 saturated heterocycles. The number of nitrogens with two attached hydrogens (primary N) is 1. The number of hydrogen-bond acceptors (Lipinski definition) is 4. The van der Waals surface area contributed by atoms with E-state index < -0.39 is 0 Å². The van der Waals surface area contributed by atoms with Crippen molar-refractivity contribution in [1.82, 2.24) is 5.43 Å². The standard InChI is InChI=1S/C12H20N2O2/c1-9(2)16-11-6-4-5-10(7-11)12(14-13)8-15-3/h4-7,9,12,14H,8,13H2,1-3H3. The lowest BCUT2D eigenvalue weighted by atomic mass is 10.1. The van der Waals surface area contributed by atoms with Crippen LogP contribution in [0.3, 0.4) is 0 Å². The van der Waals surface area contributed by atoms with Crippen LogP contribution in [-0.4, -0.2) is 19.8 Å². The minimum absolute atomic E-state index is 0.0132. The molecular weight excluding hydrogens is 204 g/mol. The molecule has 0 aromatic heterocycles. The third-order valence-electron chi connectivity index (χ3n) is 2.17. The third kappa shape index (κ3) is 3.81. The molecule has 0 spiro atoms. The Morgan fingerprint density at radius 1 is 1.38 bits per heavy atom. The molecule has 1 rings (SSSR count). The van der Waals surface area contributed by atoms with E-state index in [1.165, 1.54) is 0 Å². The van der Waals surface area contributed by atoms with Crippen molar-refractivity contribution in [3.8, 4) is 5.75 Å². The summed E-state index contributed by atoms with van der Waals surface area (Å²) < 4.78 is 10.7. The molecule has 0 saturated carbocycles. The van der Waals surface area contributed by atoms with Gasteiger partial charge in [0.05, 0.1) is 18.8 Å². The Balaban J connectivity index is 2.79. The first-order valence-electron chi connectivity index (χ1n) is 5.39. The fraction of sp³-hybridized carbons (Fsp3) is 0.500. The lowest BCUT2D eigenvalue weighted by Crippen LogP contribution is -2.31. The molecule has 90 valence electrons. The molecule has 0 aliphatic rings. The molecule has 0 aliphatic heterocycles. The second-order valence-electron chi connectivity index (χ2n) is 3.91. The molecule has 1 unspecified atom stereocenters. The van der Waals surface area contributed by atoms with Crippen molar-refractivity contribution >= 4 is 0 Å². The number of hydrazine groups is 1. The van der Waals surface area contributed by atoms with Gasteiger partial charge in [-0.3, -0.25) is 11.3 Å². The van der Waals surface area contributed by atoms with Crippen LogP contribution in [0.25, 0.3) is 0 Å². The van der Waals surface area contributed by atoms with Crippen LogP contribution in [0.15, 0.2) is 24.3 Å². The first-order valence-corrected chi connectivity index (χ1v) is 5.39. The summed E-state index contributed by atoms with van der Waals surface area (Å²) in [5.74, 6) is 6.32. The van der Waals surface area contributed by atoms with Crippen LogP contribution in [-0.2, 0) is 4.74 Å². The Morgan fingerprint density at radius 2 is 2.12 bits per heavy atom. The predicted molar refractivity (Wildman–Crippen MR) is 64.1 cm³/mol. The van der Waals surface area contributed by atoms with E-state index in [0.29, 0.717) is 6.61 Å². The highest BCUT2D eigenvalue weighted by atomic mass is 16.5. The number of benzene rings is 1. The summed E-state index contributed by atoms with van der Waals surface area (Å²) in [6.45, 7) is 4.53. The van der Waals surface area contributed by atoms with Gasteiger partial charge < -0.3 is 9.47 Å². The summed E-state index contributed by atoms with van der Waals surface area (Å²) in [7, 11) is 1.65. The van der Waals surface area contributed by atoms with Gasteiger partial charge in [-0.15, -0.1) is 0 Å².